The van der Waals surface area contributed by atoms with Gasteiger partial charge in [0, 0.05) is 34.3 Å². The van der Waals surface area contributed by atoms with E-state index < -0.39 is 12.7 Å². The summed E-state index contributed by atoms with van der Waals surface area (Å²) >= 11 is 0. The molecule has 2 heterocycles. The van der Waals surface area contributed by atoms with Crippen molar-refractivity contribution >= 4 is 11.0 Å². The molecule has 59 heavy (non-hydrogen) atoms. The average molecular weight is 770 g/mol. The lowest BCUT2D eigenvalue weighted by molar-refractivity contribution is 0.475. The second-order valence-electron chi connectivity index (χ2n) is 16.1. The number of phenolic OH excluding ortho intramolecular Hbond substituents is 1. The smallest absolute Gasteiger partial charge is 0.149 e. The molecule has 7 aromatic carbocycles. The quantitative estimate of drug-likeness (QED) is 0.167. The molecular formula is C55H47N3O. The number of hydrogen-bond acceptors (Lipinski definition) is 3. The van der Waals surface area contributed by atoms with Crippen LogP contribution in [0.1, 0.15) is 61.3 Å². The Morgan fingerprint density at radius 2 is 1.24 bits per heavy atom. The Balaban J connectivity index is 1.34. The Morgan fingerprint density at radius 3 is 1.95 bits per heavy atom. The van der Waals surface area contributed by atoms with Crippen molar-refractivity contribution in [3.63, 3.8) is 0 Å². The number of fused-ring (bicyclic) bond motifs is 1. The monoisotopic (exact) mass is 769 g/mol. The lowest BCUT2D eigenvalue weighted by Crippen LogP contribution is -2.11. The van der Waals surface area contributed by atoms with Gasteiger partial charge in [-0.05, 0) is 99.2 Å². The number of aromatic hydroxyl groups is 1. The Bertz CT molecular complexity index is 3110. The molecule has 4 heteroatoms. The van der Waals surface area contributed by atoms with Crippen LogP contribution in [0.2, 0.25) is 0 Å². The number of pyridine rings is 1. The normalized spacial score (nSPS) is 13.9. The van der Waals surface area contributed by atoms with Gasteiger partial charge in [0.1, 0.15) is 11.6 Å². The zero-order valence-corrected chi connectivity index (χ0v) is 33.6. The molecule has 2 aromatic heterocycles. The zero-order valence-electron chi connectivity index (χ0n) is 37.6. The summed E-state index contributed by atoms with van der Waals surface area (Å²) in [6, 6.07) is 57.7. The molecule has 0 amide bonds. The highest BCUT2D eigenvalue weighted by molar-refractivity contribution is 5.97. The highest BCUT2D eigenvalue weighted by Crippen LogP contribution is 2.42. The Hall–Kier alpha value is -7.04. The molecule has 9 rings (SSSR count). The largest absolute Gasteiger partial charge is 0.507 e. The molecule has 0 fully saturated rings. The molecule has 0 saturated carbocycles. The topological polar surface area (TPSA) is 50.9 Å². The van der Waals surface area contributed by atoms with Crippen LogP contribution in [0.25, 0.3) is 72.7 Å². The molecule has 9 aromatic rings. The minimum Gasteiger partial charge on any atom is -0.507 e. The van der Waals surface area contributed by atoms with Gasteiger partial charge in [-0.1, -0.05) is 161 Å². The first kappa shape index (κ1) is 33.0. The van der Waals surface area contributed by atoms with E-state index in [-0.39, 0.29) is 16.7 Å². The third kappa shape index (κ3) is 7.23. The zero-order chi connectivity index (χ0) is 44.1. The van der Waals surface area contributed by atoms with Crippen molar-refractivity contribution in [3.05, 3.63) is 204 Å². The predicted molar refractivity (Wildman–Crippen MR) is 245 cm³/mol. The molecule has 4 nitrogen and oxygen atoms in total. The molecule has 0 spiro atoms. The fourth-order valence-electron chi connectivity index (χ4n) is 7.94. The van der Waals surface area contributed by atoms with Crippen LogP contribution in [0.5, 0.6) is 5.75 Å². The van der Waals surface area contributed by atoms with Crippen molar-refractivity contribution < 1.29 is 10.6 Å². The standard InChI is InChI=1S/C55H47N3O/c1-36-35-56-49(34-47(36)40-22-13-8-14-23-40)43-31-41(37(2)38-18-9-6-10-19-38)30-42(32-43)46-25-17-27-51-53(46)57-54(48-33-44(55(3,4)5)28-29-52(48)59)58(51)50-26-16-15-24-45(50)39-20-11-7-12-21-39/h6-35,37,59H,1-5H3/i1D3,37D. The third-order valence-corrected chi connectivity index (χ3v) is 11.2. The predicted octanol–water partition coefficient (Wildman–Crippen LogP) is 14.2. The molecule has 0 radical (unpaired) electrons. The SMILES string of the molecule is [2H]C([2H])([2H])c1cnc(-c2cc(-c3cccc4c3nc(-c3cc(C(C)(C)C)ccc3O)n4-c3ccccc3-c3ccccc3)cc(C([2H])(C)c3ccccc3)c2)cc1-c1ccccc1. The van der Waals surface area contributed by atoms with E-state index in [9.17, 15) is 6.48 Å². The lowest BCUT2D eigenvalue weighted by atomic mass is 9.86. The molecule has 0 aliphatic heterocycles. The maximum atomic E-state index is 11.7. The third-order valence-electron chi connectivity index (χ3n) is 11.2. The molecule has 1 unspecified atom stereocenters. The van der Waals surface area contributed by atoms with Gasteiger partial charge >= 0.3 is 0 Å². The minimum absolute atomic E-state index is 0.121. The van der Waals surface area contributed by atoms with Crippen LogP contribution in [-0.4, -0.2) is 19.6 Å². The Labute approximate surface area is 352 Å². The first-order valence-electron chi connectivity index (χ1n) is 22.0. The van der Waals surface area contributed by atoms with Gasteiger partial charge in [-0.3, -0.25) is 9.55 Å². The van der Waals surface area contributed by atoms with Crippen LogP contribution in [0, 0.1) is 6.85 Å². The molecular weight excluding hydrogens is 719 g/mol. The lowest BCUT2D eigenvalue weighted by Gasteiger charge is -2.21. The van der Waals surface area contributed by atoms with Gasteiger partial charge < -0.3 is 5.11 Å². The average Bonchev–Trinajstić information content (AvgIpc) is 3.68. The maximum absolute atomic E-state index is 11.7. The molecule has 1 N–H and O–H groups in total. The van der Waals surface area contributed by atoms with E-state index in [0.717, 1.165) is 61.3 Å². The molecule has 1 atom stereocenters. The number of phenols is 1. The van der Waals surface area contributed by atoms with Crippen LogP contribution in [0.15, 0.2) is 182 Å². The summed E-state index contributed by atoms with van der Waals surface area (Å²) in [5.41, 5.74) is 12.0. The van der Waals surface area contributed by atoms with E-state index in [0.29, 0.717) is 28.2 Å². The summed E-state index contributed by atoms with van der Waals surface area (Å²) < 4.78 is 37.2. The van der Waals surface area contributed by atoms with E-state index in [1.807, 2.05) is 134 Å². The van der Waals surface area contributed by atoms with Gasteiger partial charge in [0.2, 0.25) is 0 Å². The van der Waals surface area contributed by atoms with Gasteiger partial charge in [-0.2, -0.15) is 0 Å². The fraction of sp³-hybridized carbons (Fsp3) is 0.127. The molecule has 0 aliphatic carbocycles. The molecule has 0 aliphatic rings. The second-order valence-corrected chi connectivity index (χ2v) is 16.1. The van der Waals surface area contributed by atoms with Crippen molar-refractivity contribution in [1.82, 2.24) is 14.5 Å². The van der Waals surface area contributed by atoms with Crippen molar-refractivity contribution in [1.29, 1.82) is 0 Å². The molecule has 0 saturated heterocycles. The van der Waals surface area contributed by atoms with Crippen LogP contribution >= 0.6 is 0 Å². The van der Waals surface area contributed by atoms with E-state index in [1.54, 1.807) is 6.07 Å². The molecule has 0 bridgehead atoms. The van der Waals surface area contributed by atoms with Crippen molar-refractivity contribution in [2.75, 3.05) is 0 Å². The number of hydrogen-bond donors (Lipinski definition) is 1. The van der Waals surface area contributed by atoms with Gasteiger partial charge in [0.25, 0.3) is 0 Å². The van der Waals surface area contributed by atoms with Gasteiger partial charge in [-0.25, -0.2) is 4.98 Å². The van der Waals surface area contributed by atoms with Crippen molar-refractivity contribution in [2.24, 2.45) is 0 Å². The van der Waals surface area contributed by atoms with Gasteiger partial charge in [-0.15, -0.1) is 0 Å². The first-order chi connectivity index (χ1) is 30.2. The number of imidazole rings is 1. The van der Waals surface area contributed by atoms with Crippen LogP contribution in [0.3, 0.4) is 0 Å². The number of rotatable bonds is 8. The second kappa shape index (κ2) is 15.4. The van der Waals surface area contributed by atoms with Gasteiger partial charge in [0.15, 0.2) is 0 Å². The first-order valence-corrected chi connectivity index (χ1v) is 20.0. The molecule has 288 valence electrons. The van der Waals surface area contributed by atoms with Crippen molar-refractivity contribution in [2.45, 2.75) is 45.9 Å². The van der Waals surface area contributed by atoms with E-state index in [4.69, 9.17) is 14.1 Å². The summed E-state index contributed by atoms with van der Waals surface area (Å²) in [6.07, 6.45) is 1.46. The summed E-state index contributed by atoms with van der Waals surface area (Å²) in [4.78, 5) is 10.3. The maximum Gasteiger partial charge on any atom is 0.149 e. The Kier molecular flexibility index (Phi) is 8.59. The van der Waals surface area contributed by atoms with Crippen molar-refractivity contribution in [3.8, 4) is 67.5 Å². The number of nitrogens with zero attached hydrogens (tertiary/aromatic N) is 3. The van der Waals surface area contributed by atoms with Crippen LogP contribution < -0.4 is 0 Å². The van der Waals surface area contributed by atoms with E-state index in [1.165, 1.54) is 6.20 Å². The highest BCUT2D eigenvalue weighted by Gasteiger charge is 2.24. The number of aromatic nitrogens is 3. The van der Waals surface area contributed by atoms with Crippen LogP contribution in [0.4, 0.5) is 0 Å². The minimum atomic E-state index is -2.39. The Morgan fingerprint density at radius 1 is 0.593 bits per heavy atom. The fourth-order valence-corrected chi connectivity index (χ4v) is 7.94. The number of para-hydroxylation sites is 2. The highest BCUT2D eigenvalue weighted by atomic mass is 16.3. The van der Waals surface area contributed by atoms with E-state index >= 15 is 0 Å². The summed E-state index contributed by atoms with van der Waals surface area (Å²) in [7, 11) is 0. The van der Waals surface area contributed by atoms with Crippen LogP contribution in [-0.2, 0) is 5.41 Å². The summed E-state index contributed by atoms with van der Waals surface area (Å²) in [5, 5.41) is 11.7. The summed E-state index contributed by atoms with van der Waals surface area (Å²) in [5.74, 6) is -0.472. The van der Waals surface area contributed by atoms with Gasteiger partial charge in [0.05, 0.1) is 28.0 Å². The number of aryl methyl sites for hydroxylation is 1. The number of benzene rings is 7. The summed E-state index contributed by atoms with van der Waals surface area (Å²) in [6.45, 7) is 5.98. The van der Waals surface area contributed by atoms with E-state index in [2.05, 4.69) is 67.8 Å².